The highest BCUT2D eigenvalue weighted by atomic mass is 16.2. The molecule has 0 bridgehead atoms. The Kier molecular flexibility index (Phi) is 5.47. The van der Waals surface area contributed by atoms with Crippen LogP contribution >= 0.6 is 0 Å². The number of amides is 2. The Hall–Kier alpha value is -2.64. The van der Waals surface area contributed by atoms with Crippen LogP contribution in [0.2, 0.25) is 0 Å². The van der Waals surface area contributed by atoms with Gasteiger partial charge in [-0.2, -0.15) is 0 Å². The van der Waals surface area contributed by atoms with Gasteiger partial charge in [0.05, 0.1) is 5.52 Å². The van der Waals surface area contributed by atoms with Crippen molar-refractivity contribution < 1.29 is 9.59 Å². The minimum atomic E-state index is -0.346. The van der Waals surface area contributed by atoms with Crippen molar-refractivity contribution in [2.45, 2.75) is 57.4 Å². The first-order valence-electron chi connectivity index (χ1n) is 8.78. The van der Waals surface area contributed by atoms with Crippen LogP contribution in [0.5, 0.6) is 0 Å². The third-order valence-corrected chi connectivity index (χ3v) is 4.44. The molecule has 2 amide bonds. The molecule has 0 saturated heterocycles. The van der Waals surface area contributed by atoms with Gasteiger partial charge < -0.3 is 15.6 Å². The lowest BCUT2D eigenvalue weighted by Crippen LogP contribution is -2.34. The van der Waals surface area contributed by atoms with E-state index < -0.39 is 0 Å². The van der Waals surface area contributed by atoms with E-state index in [9.17, 15) is 14.4 Å². The summed E-state index contributed by atoms with van der Waals surface area (Å²) < 4.78 is 0. The van der Waals surface area contributed by atoms with Crippen LogP contribution in [0.4, 0.5) is 5.82 Å². The number of aromatic amines is 2. The van der Waals surface area contributed by atoms with Crippen LogP contribution in [0.25, 0.3) is 11.2 Å². The summed E-state index contributed by atoms with van der Waals surface area (Å²) in [5, 5.41) is 5.67. The number of carbonyl (C=O) groups is 2. The van der Waals surface area contributed by atoms with Crippen molar-refractivity contribution in [2.75, 3.05) is 5.32 Å². The number of hydrogen-bond donors (Lipinski definition) is 4. The molecule has 134 valence electrons. The maximum Gasteiger partial charge on any atom is 0.325 e. The number of carbonyl (C=O) groups excluding carboxylic acids is 2. The molecule has 25 heavy (non-hydrogen) atoms. The second kappa shape index (κ2) is 7.96. The Morgan fingerprint density at radius 3 is 2.52 bits per heavy atom. The molecule has 8 heteroatoms. The highest BCUT2D eigenvalue weighted by Crippen LogP contribution is 2.17. The van der Waals surface area contributed by atoms with Gasteiger partial charge in [0, 0.05) is 18.9 Å². The Labute approximate surface area is 144 Å². The SMILES string of the molecule is O=C(CCC(=O)NC1CCCCCC1)Nc1ccc2[nH]c(=O)[nH]c2n1. The fourth-order valence-electron chi connectivity index (χ4n) is 3.14. The highest BCUT2D eigenvalue weighted by molar-refractivity contribution is 5.93. The van der Waals surface area contributed by atoms with Gasteiger partial charge in [0.15, 0.2) is 5.65 Å². The van der Waals surface area contributed by atoms with Crippen LogP contribution in [0.3, 0.4) is 0 Å². The highest BCUT2D eigenvalue weighted by Gasteiger charge is 2.15. The second-order valence-corrected chi connectivity index (χ2v) is 6.48. The number of fused-ring (bicyclic) bond motifs is 1. The number of pyridine rings is 1. The molecule has 3 rings (SSSR count). The average Bonchev–Trinajstić information content (AvgIpc) is 2.77. The van der Waals surface area contributed by atoms with Crippen LogP contribution in [-0.4, -0.2) is 32.8 Å². The predicted molar refractivity (Wildman–Crippen MR) is 94.2 cm³/mol. The van der Waals surface area contributed by atoms with Gasteiger partial charge in [-0.1, -0.05) is 25.7 Å². The smallest absolute Gasteiger partial charge is 0.325 e. The van der Waals surface area contributed by atoms with Crippen molar-refractivity contribution in [1.82, 2.24) is 20.3 Å². The second-order valence-electron chi connectivity index (χ2n) is 6.48. The Balaban J connectivity index is 1.46. The van der Waals surface area contributed by atoms with Gasteiger partial charge in [-0.05, 0) is 25.0 Å². The summed E-state index contributed by atoms with van der Waals surface area (Å²) >= 11 is 0. The van der Waals surface area contributed by atoms with Crippen LogP contribution < -0.4 is 16.3 Å². The Morgan fingerprint density at radius 2 is 1.76 bits per heavy atom. The molecule has 0 aromatic carbocycles. The van der Waals surface area contributed by atoms with E-state index in [2.05, 4.69) is 25.6 Å². The number of H-pyrrole nitrogens is 2. The van der Waals surface area contributed by atoms with Gasteiger partial charge >= 0.3 is 5.69 Å². The number of imidazole rings is 1. The zero-order valence-corrected chi connectivity index (χ0v) is 14.1. The maximum atomic E-state index is 12.0. The van der Waals surface area contributed by atoms with Gasteiger partial charge in [0.1, 0.15) is 5.82 Å². The Morgan fingerprint density at radius 1 is 1.04 bits per heavy atom. The number of aromatic nitrogens is 3. The molecule has 4 N–H and O–H groups in total. The quantitative estimate of drug-likeness (QED) is 0.618. The molecule has 0 unspecified atom stereocenters. The number of hydrogen-bond acceptors (Lipinski definition) is 4. The lowest BCUT2D eigenvalue weighted by molar-refractivity contribution is -0.125. The molecule has 2 heterocycles. The molecule has 0 aliphatic heterocycles. The third-order valence-electron chi connectivity index (χ3n) is 4.44. The van der Waals surface area contributed by atoms with Crippen molar-refractivity contribution in [3.8, 4) is 0 Å². The monoisotopic (exact) mass is 345 g/mol. The van der Waals surface area contributed by atoms with Crippen LogP contribution in [0, 0.1) is 0 Å². The van der Waals surface area contributed by atoms with Crippen molar-refractivity contribution in [3.63, 3.8) is 0 Å². The van der Waals surface area contributed by atoms with Crippen LogP contribution in [0.15, 0.2) is 16.9 Å². The maximum absolute atomic E-state index is 12.0. The molecule has 0 atom stereocenters. The minimum Gasteiger partial charge on any atom is -0.353 e. The molecular weight excluding hydrogens is 322 g/mol. The fourth-order valence-corrected chi connectivity index (χ4v) is 3.14. The molecule has 2 aromatic heterocycles. The van der Waals surface area contributed by atoms with E-state index in [1.807, 2.05) is 0 Å². The molecule has 0 spiro atoms. The predicted octanol–water partition coefficient (Wildman–Crippen LogP) is 1.81. The lowest BCUT2D eigenvalue weighted by atomic mass is 10.1. The van der Waals surface area contributed by atoms with Gasteiger partial charge in [-0.3, -0.25) is 14.6 Å². The summed E-state index contributed by atoms with van der Waals surface area (Å²) in [5.41, 5.74) is 0.612. The molecule has 0 radical (unpaired) electrons. The molecule has 1 aliphatic carbocycles. The molecule has 1 aliphatic rings. The number of anilines is 1. The summed E-state index contributed by atoms with van der Waals surface area (Å²) in [6.07, 6.45) is 7.08. The van der Waals surface area contributed by atoms with E-state index in [4.69, 9.17) is 0 Å². The van der Waals surface area contributed by atoms with E-state index in [1.165, 1.54) is 12.8 Å². The van der Waals surface area contributed by atoms with Gasteiger partial charge in [-0.15, -0.1) is 0 Å². The molecule has 1 fully saturated rings. The average molecular weight is 345 g/mol. The van der Waals surface area contributed by atoms with E-state index in [0.717, 1.165) is 25.7 Å². The molecule has 1 saturated carbocycles. The zero-order chi connectivity index (χ0) is 17.6. The van der Waals surface area contributed by atoms with Gasteiger partial charge in [0.2, 0.25) is 11.8 Å². The van der Waals surface area contributed by atoms with E-state index >= 15 is 0 Å². The molecule has 8 nitrogen and oxygen atoms in total. The first kappa shape index (κ1) is 17.2. The van der Waals surface area contributed by atoms with Crippen LogP contribution in [-0.2, 0) is 9.59 Å². The largest absolute Gasteiger partial charge is 0.353 e. The van der Waals surface area contributed by atoms with E-state index in [0.29, 0.717) is 17.0 Å². The molecule has 2 aromatic rings. The fraction of sp³-hybridized carbons (Fsp3) is 0.529. The summed E-state index contributed by atoms with van der Waals surface area (Å²) in [7, 11) is 0. The van der Waals surface area contributed by atoms with E-state index in [1.54, 1.807) is 12.1 Å². The lowest BCUT2D eigenvalue weighted by Gasteiger charge is -2.16. The van der Waals surface area contributed by atoms with Crippen molar-refractivity contribution in [1.29, 1.82) is 0 Å². The normalized spacial score (nSPS) is 15.7. The van der Waals surface area contributed by atoms with Gasteiger partial charge in [0.25, 0.3) is 0 Å². The summed E-state index contributed by atoms with van der Waals surface area (Å²) in [5.74, 6) is -0.0156. The topological polar surface area (TPSA) is 120 Å². The van der Waals surface area contributed by atoms with Crippen molar-refractivity contribution in [2.24, 2.45) is 0 Å². The Bertz CT molecular complexity index is 802. The van der Waals surface area contributed by atoms with Crippen molar-refractivity contribution >= 4 is 28.8 Å². The number of nitrogens with zero attached hydrogens (tertiary/aromatic N) is 1. The summed E-state index contributed by atoms with van der Waals surface area (Å²) in [6.45, 7) is 0. The number of nitrogens with one attached hydrogen (secondary N) is 4. The molecular formula is C17H23N5O3. The van der Waals surface area contributed by atoms with Crippen LogP contribution in [0.1, 0.15) is 51.4 Å². The first-order valence-corrected chi connectivity index (χ1v) is 8.78. The standard InChI is InChI=1S/C17H23N5O3/c23-14(18-11-5-3-1-2-4-6-11)9-10-15(24)20-13-8-7-12-16(21-13)22-17(25)19-12/h7-8,11H,1-6,9-10H2,(H,18,23)(H3,19,20,21,22,24,25). The first-order chi connectivity index (χ1) is 12.1. The third kappa shape index (κ3) is 4.91. The minimum absolute atomic E-state index is 0.0829. The number of rotatable bonds is 5. The van der Waals surface area contributed by atoms with Gasteiger partial charge in [-0.25, -0.2) is 9.78 Å². The summed E-state index contributed by atoms with van der Waals surface area (Å²) in [4.78, 5) is 44.5. The zero-order valence-electron chi connectivity index (χ0n) is 14.1. The van der Waals surface area contributed by atoms with Crippen molar-refractivity contribution in [3.05, 3.63) is 22.6 Å². The summed E-state index contributed by atoms with van der Waals surface area (Å²) in [6, 6.07) is 3.51. The van der Waals surface area contributed by atoms with E-state index in [-0.39, 0.29) is 36.4 Å².